The molecule has 1 heterocycles. The standard InChI is InChI=1S/C9H14N2OS/c1-10-6-9(12)11-4-2-8-3-5-13-7-8/h3,5,7,10H,2,4,6H2,1H3,(H,11,12). The minimum atomic E-state index is 0.0535. The first kappa shape index (κ1) is 10.2. The molecule has 72 valence electrons. The molecule has 1 amide bonds. The summed E-state index contributed by atoms with van der Waals surface area (Å²) in [6.07, 6.45) is 0.916. The zero-order chi connectivity index (χ0) is 9.52. The topological polar surface area (TPSA) is 41.1 Å². The van der Waals surface area contributed by atoms with E-state index in [9.17, 15) is 4.79 Å². The van der Waals surface area contributed by atoms with Crippen molar-refractivity contribution in [3.05, 3.63) is 22.4 Å². The fourth-order valence-corrected chi connectivity index (χ4v) is 1.71. The molecule has 3 nitrogen and oxygen atoms in total. The minimum absolute atomic E-state index is 0.0535. The number of amides is 1. The molecule has 0 spiro atoms. The molecule has 4 heteroatoms. The first-order valence-corrected chi connectivity index (χ1v) is 5.19. The molecule has 1 aromatic heterocycles. The van der Waals surface area contributed by atoms with Crippen LogP contribution in [-0.2, 0) is 11.2 Å². The summed E-state index contributed by atoms with van der Waals surface area (Å²) in [4.78, 5) is 11.0. The van der Waals surface area contributed by atoms with E-state index in [-0.39, 0.29) is 5.91 Å². The molecule has 1 aromatic rings. The molecule has 0 radical (unpaired) electrons. The largest absolute Gasteiger partial charge is 0.355 e. The van der Waals surface area contributed by atoms with Crippen molar-refractivity contribution < 1.29 is 4.79 Å². The Labute approximate surface area is 82.2 Å². The van der Waals surface area contributed by atoms with E-state index in [1.54, 1.807) is 18.4 Å². The van der Waals surface area contributed by atoms with Crippen LogP contribution in [0.1, 0.15) is 5.56 Å². The van der Waals surface area contributed by atoms with E-state index >= 15 is 0 Å². The molecule has 0 aromatic carbocycles. The number of likely N-dealkylation sites (N-methyl/N-ethyl adjacent to an activating group) is 1. The van der Waals surface area contributed by atoms with Gasteiger partial charge in [0.1, 0.15) is 0 Å². The Kier molecular flexibility index (Phi) is 4.49. The zero-order valence-corrected chi connectivity index (χ0v) is 8.49. The normalized spacial score (nSPS) is 9.92. The van der Waals surface area contributed by atoms with Gasteiger partial charge in [-0.05, 0) is 35.9 Å². The summed E-state index contributed by atoms with van der Waals surface area (Å²) in [6, 6.07) is 2.08. The number of carbonyl (C=O) groups is 1. The summed E-state index contributed by atoms with van der Waals surface area (Å²) in [5.74, 6) is 0.0535. The predicted molar refractivity (Wildman–Crippen MR) is 55.0 cm³/mol. The molecule has 13 heavy (non-hydrogen) atoms. The van der Waals surface area contributed by atoms with E-state index in [1.165, 1.54) is 5.56 Å². The first-order valence-electron chi connectivity index (χ1n) is 4.25. The van der Waals surface area contributed by atoms with E-state index in [2.05, 4.69) is 22.1 Å². The van der Waals surface area contributed by atoms with Crippen molar-refractivity contribution in [3.8, 4) is 0 Å². The van der Waals surface area contributed by atoms with Crippen LogP contribution in [-0.4, -0.2) is 26.0 Å². The van der Waals surface area contributed by atoms with Gasteiger partial charge in [-0.15, -0.1) is 0 Å². The molecule has 0 saturated carbocycles. The summed E-state index contributed by atoms with van der Waals surface area (Å²) in [7, 11) is 1.76. The number of nitrogens with one attached hydrogen (secondary N) is 2. The van der Waals surface area contributed by atoms with Gasteiger partial charge in [0.05, 0.1) is 6.54 Å². The lowest BCUT2D eigenvalue weighted by Crippen LogP contribution is -2.33. The molecule has 0 aliphatic rings. The van der Waals surface area contributed by atoms with Gasteiger partial charge < -0.3 is 10.6 Å². The number of hydrogen-bond acceptors (Lipinski definition) is 3. The molecular formula is C9H14N2OS. The number of carbonyl (C=O) groups excluding carboxylic acids is 1. The monoisotopic (exact) mass is 198 g/mol. The minimum Gasteiger partial charge on any atom is -0.355 e. The quantitative estimate of drug-likeness (QED) is 0.728. The molecule has 1 rings (SSSR count). The van der Waals surface area contributed by atoms with Crippen LogP contribution in [0.15, 0.2) is 16.8 Å². The van der Waals surface area contributed by atoms with Crippen LogP contribution >= 0.6 is 11.3 Å². The van der Waals surface area contributed by atoms with Crippen LogP contribution in [0, 0.1) is 0 Å². The van der Waals surface area contributed by atoms with Crippen molar-refractivity contribution in [1.29, 1.82) is 0 Å². The second kappa shape index (κ2) is 5.72. The van der Waals surface area contributed by atoms with Crippen molar-refractivity contribution >= 4 is 17.2 Å². The zero-order valence-electron chi connectivity index (χ0n) is 7.67. The summed E-state index contributed by atoms with van der Waals surface area (Å²) in [6.45, 7) is 1.11. The van der Waals surface area contributed by atoms with Crippen LogP contribution in [0.3, 0.4) is 0 Å². The molecule has 0 fully saturated rings. The fraction of sp³-hybridized carbons (Fsp3) is 0.444. The molecule has 0 atom stereocenters. The van der Waals surface area contributed by atoms with Gasteiger partial charge in [0.15, 0.2) is 0 Å². The average molecular weight is 198 g/mol. The highest BCUT2D eigenvalue weighted by Gasteiger charge is 1.97. The van der Waals surface area contributed by atoms with E-state index in [0.29, 0.717) is 6.54 Å². The highest BCUT2D eigenvalue weighted by atomic mass is 32.1. The Hall–Kier alpha value is -0.870. The third-order valence-electron chi connectivity index (χ3n) is 1.65. The lowest BCUT2D eigenvalue weighted by atomic mass is 10.2. The predicted octanol–water partition coefficient (Wildman–Crippen LogP) is 0.626. The van der Waals surface area contributed by atoms with Crippen LogP contribution in [0.25, 0.3) is 0 Å². The van der Waals surface area contributed by atoms with Crippen molar-refractivity contribution in [2.45, 2.75) is 6.42 Å². The van der Waals surface area contributed by atoms with Crippen molar-refractivity contribution in [3.63, 3.8) is 0 Å². The second-order valence-electron chi connectivity index (χ2n) is 2.76. The number of rotatable bonds is 5. The van der Waals surface area contributed by atoms with Crippen molar-refractivity contribution in [2.75, 3.05) is 20.1 Å². The Balaban J connectivity index is 2.11. The van der Waals surface area contributed by atoms with Gasteiger partial charge >= 0.3 is 0 Å². The van der Waals surface area contributed by atoms with Gasteiger partial charge in [-0.2, -0.15) is 11.3 Å². The van der Waals surface area contributed by atoms with Gasteiger partial charge in [0.2, 0.25) is 5.91 Å². The summed E-state index contributed by atoms with van der Waals surface area (Å²) < 4.78 is 0. The van der Waals surface area contributed by atoms with Gasteiger partial charge in [0.25, 0.3) is 0 Å². The molecule has 0 unspecified atom stereocenters. The fourth-order valence-electron chi connectivity index (χ4n) is 1.00. The summed E-state index contributed by atoms with van der Waals surface area (Å²) in [5.41, 5.74) is 1.29. The van der Waals surface area contributed by atoms with Crippen molar-refractivity contribution in [2.24, 2.45) is 0 Å². The highest BCUT2D eigenvalue weighted by molar-refractivity contribution is 7.07. The lowest BCUT2D eigenvalue weighted by molar-refractivity contribution is -0.120. The maximum absolute atomic E-state index is 11.0. The molecule has 0 saturated heterocycles. The Morgan fingerprint density at radius 1 is 1.62 bits per heavy atom. The Morgan fingerprint density at radius 3 is 3.08 bits per heavy atom. The maximum atomic E-state index is 11.0. The van der Waals surface area contributed by atoms with Crippen LogP contribution < -0.4 is 10.6 Å². The maximum Gasteiger partial charge on any atom is 0.233 e. The molecular weight excluding hydrogens is 184 g/mol. The Bertz CT molecular complexity index is 246. The van der Waals surface area contributed by atoms with Crippen LogP contribution in [0.2, 0.25) is 0 Å². The Morgan fingerprint density at radius 2 is 2.46 bits per heavy atom. The van der Waals surface area contributed by atoms with Gasteiger partial charge in [-0.25, -0.2) is 0 Å². The highest BCUT2D eigenvalue weighted by Crippen LogP contribution is 2.05. The summed E-state index contributed by atoms with van der Waals surface area (Å²) in [5, 5.41) is 9.77. The summed E-state index contributed by atoms with van der Waals surface area (Å²) >= 11 is 1.68. The molecule has 0 bridgehead atoms. The third kappa shape index (κ3) is 4.05. The molecule has 0 aliphatic heterocycles. The SMILES string of the molecule is CNCC(=O)NCCc1ccsc1. The second-order valence-corrected chi connectivity index (χ2v) is 3.54. The van der Waals surface area contributed by atoms with E-state index in [0.717, 1.165) is 13.0 Å². The number of thiophene rings is 1. The van der Waals surface area contributed by atoms with Crippen LogP contribution in [0.4, 0.5) is 0 Å². The van der Waals surface area contributed by atoms with Crippen LogP contribution in [0.5, 0.6) is 0 Å². The van der Waals surface area contributed by atoms with Gasteiger partial charge in [0, 0.05) is 6.54 Å². The third-order valence-corrected chi connectivity index (χ3v) is 2.39. The molecule has 2 N–H and O–H groups in total. The van der Waals surface area contributed by atoms with Crippen molar-refractivity contribution in [1.82, 2.24) is 10.6 Å². The average Bonchev–Trinajstić information content (AvgIpc) is 2.57. The first-order chi connectivity index (χ1) is 6.33. The van der Waals surface area contributed by atoms with Gasteiger partial charge in [-0.3, -0.25) is 4.79 Å². The van der Waals surface area contributed by atoms with Gasteiger partial charge in [-0.1, -0.05) is 0 Å². The lowest BCUT2D eigenvalue weighted by Gasteiger charge is -2.02. The van der Waals surface area contributed by atoms with E-state index in [4.69, 9.17) is 0 Å². The van der Waals surface area contributed by atoms with E-state index < -0.39 is 0 Å². The smallest absolute Gasteiger partial charge is 0.233 e. The molecule has 0 aliphatic carbocycles. The van der Waals surface area contributed by atoms with E-state index in [1.807, 2.05) is 5.38 Å². The number of hydrogen-bond donors (Lipinski definition) is 2.